The van der Waals surface area contributed by atoms with Crippen LogP contribution in [0.25, 0.3) is 0 Å². The molecule has 0 aromatic heterocycles. The summed E-state index contributed by atoms with van der Waals surface area (Å²) in [5, 5.41) is 6.27. The number of carbonyl (C=O) groups is 1. The standard InChI is InChI=1S/C11H24N2O.ClH/c1-5-10(14)12-8-6-7-9-13-11(2,3)4;/h13H,5-9H2,1-4H3,(H,12,14);1H. The van der Waals surface area contributed by atoms with Crippen molar-refractivity contribution in [2.75, 3.05) is 13.1 Å². The third kappa shape index (κ3) is 13.7. The van der Waals surface area contributed by atoms with Crippen molar-refractivity contribution >= 4 is 18.3 Å². The fourth-order valence-corrected chi connectivity index (χ4v) is 1.07. The highest BCUT2D eigenvalue weighted by Crippen LogP contribution is 1.98. The molecular weight excluding hydrogens is 212 g/mol. The van der Waals surface area contributed by atoms with Gasteiger partial charge in [0.05, 0.1) is 0 Å². The molecule has 2 N–H and O–H groups in total. The van der Waals surface area contributed by atoms with E-state index in [0.29, 0.717) is 6.42 Å². The molecule has 92 valence electrons. The first-order chi connectivity index (χ1) is 6.45. The molecule has 0 rings (SSSR count). The second kappa shape index (κ2) is 8.98. The molecule has 0 saturated heterocycles. The van der Waals surface area contributed by atoms with Crippen LogP contribution < -0.4 is 10.6 Å². The van der Waals surface area contributed by atoms with Gasteiger partial charge in [0.25, 0.3) is 0 Å². The Balaban J connectivity index is 0. The summed E-state index contributed by atoms with van der Waals surface area (Å²) in [5.41, 5.74) is 0.201. The predicted octanol–water partition coefficient (Wildman–Crippen LogP) is 2.10. The van der Waals surface area contributed by atoms with Gasteiger partial charge in [0.1, 0.15) is 0 Å². The molecule has 3 nitrogen and oxygen atoms in total. The third-order valence-corrected chi connectivity index (χ3v) is 1.90. The Labute approximate surface area is 99.8 Å². The van der Waals surface area contributed by atoms with Crippen LogP contribution in [0.5, 0.6) is 0 Å². The zero-order valence-corrected chi connectivity index (χ0v) is 11.2. The first-order valence-corrected chi connectivity index (χ1v) is 5.47. The molecule has 0 bridgehead atoms. The number of halogens is 1. The SMILES string of the molecule is CCC(=O)NCCCCNC(C)(C)C.Cl. The van der Waals surface area contributed by atoms with E-state index in [9.17, 15) is 4.79 Å². The Hall–Kier alpha value is -0.280. The predicted molar refractivity (Wildman–Crippen MR) is 67.5 cm³/mol. The summed E-state index contributed by atoms with van der Waals surface area (Å²) in [5.74, 6) is 0.147. The summed E-state index contributed by atoms with van der Waals surface area (Å²) < 4.78 is 0. The quantitative estimate of drug-likeness (QED) is 0.694. The first kappa shape index (κ1) is 17.1. The molecule has 0 aromatic carbocycles. The monoisotopic (exact) mass is 236 g/mol. The van der Waals surface area contributed by atoms with Crippen molar-refractivity contribution in [3.63, 3.8) is 0 Å². The summed E-state index contributed by atoms with van der Waals surface area (Å²) in [7, 11) is 0. The van der Waals surface area contributed by atoms with Crippen LogP contribution in [0.3, 0.4) is 0 Å². The minimum absolute atomic E-state index is 0. The molecule has 4 heteroatoms. The van der Waals surface area contributed by atoms with Gasteiger partial charge in [-0.1, -0.05) is 6.92 Å². The molecule has 0 unspecified atom stereocenters. The summed E-state index contributed by atoms with van der Waals surface area (Å²) >= 11 is 0. The Bertz CT molecular complexity index is 166. The van der Waals surface area contributed by atoms with E-state index in [-0.39, 0.29) is 23.9 Å². The van der Waals surface area contributed by atoms with E-state index in [2.05, 4.69) is 31.4 Å². The van der Waals surface area contributed by atoms with Crippen LogP contribution in [0.15, 0.2) is 0 Å². The normalized spacial score (nSPS) is 10.7. The number of unbranched alkanes of at least 4 members (excludes halogenated alkanes) is 1. The lowest BCUT2D eigenvalue weighted by molar-refractivity contribution is -0.120. The topological polar surface area (TPSA) is 41.1 Å². The van der Waals surface area contributed by atoms with Gasteiger partial charge in [0.15, 0.2) is 0 Å². The highest BCUT2D eigenvalue weighted by molar-refractivity contribution is 5.85. The van der Waals surface area contributed by atoms with Crippen LogP contribution in [0.2, 0.25) is 0 Å². The van der Waals surface area contributed by atoms with Crippen LogP contribution in [-0.2, 0) is 4.79 Å². The van der Waals surface area contributed by atoms with Gasteiger partial charge in [-0.3, -0.25) is 4.79 Å². The maximum atomic E-state index is 10.9. The molecule has 0 fully saturated rings. The molecule has 0 aliphatic rings. The first-order valence-electron chi connectivity index (χ1n) is 5.47. The fraction of sp³-hybridized carbons (Fsp3) is 0.909. The number of hydrogen-bond donors (Lipinski definition) is 2. The zero-order chi connectivity index (χ0) is 11.0. The smallest absolute Gasteiger partial charge is 0.219 e. The van der Waals surface area contributed by atoms with Gasteiger partial charge in [0, 0.05) is 18.5 Å². The minimum atomic E-state index is 0. The number of amides is 1. The molecule has 0 aliphatic carbocycles. The van der Waals surface area contributed by atoms with Crippen molar-refractivity contribution in [3.8, 4) is 0 Å². The zero-order valence-electron chi connectivity index (χ0n) is 10.4. The van der Waals surface area contributed by atoms with Crippen LogP contribution in [0, 0.1) is 0 Å². The maximum Gasteiger partial charge on any atom is 0.219 e. The van der Waals surface area contributed by atoms with E-state index in [1.54, 1.807) is 0 Å². The largest absolute Gasteiger partial charge is 0.356 e. The van der Waals surface area contributed by atoms with E-state index in [1.807, 2.05) is 6.92 Å². The minimum Gasteiger partial charge on any atom is -0.356 e. The lowest BCUT2D eigenvalue weighted by atomic mass is 10.1. The molecule has 15 heavy (non-hydrogen) atoms. The summed E-state index contributed by atoms with van der Waals surface area (Å²) in [6.07, 6.45) is 2.75. The van der Waals surface area contributed by atoms with Crippen LogP contribution in [0.1, 0.15) is 47.0 Å². The van der Waals surface area contributed by atoms with Gasteiger partial charge in [-0.25, -0.2) is 0 Å². The number of hydrogen-bond acceptors (Lipinski definition) is 2. The van der Waals surface area contributed by atoms with Gasteiger partial charge in [-0.05, 0) is 40.2 Å². The van der Waals surface area contributed by atoms with Crippen LogP contribution in [0.4, 0.5) is 0 Å². The average Bonchev–Trinajstić information content (AvgIpc) is 2.08. The molecule has 1 amide bonds. The van der Waals surface area contributed by atoms with Gasteiger partial charge in [-0.2, -0.15) is 0 Å². The van der Waals surface area contributed by atoms with Crippen LogP contribution in [-0.4, -0.2) is 24.5 Å². The second-order valence-electron chi connectivity index (χ2n) is 4.59. The molecule has 0 heterocycles. The van der Waals surface area contributed by atoms with Crippen molar-refractivity contribution in [3.05, 3.63) is 0 Å². The number of carbonyl (C=O) groups excluding carboxylic acids is 1. The molecular formula is C11H25ClN2O. The van der Waals surface area contributed by atoms with Crippen molar-refractivity contribution in [2.45, 2.75) is 52.5 Å². The van der Waals surface area contributed by atoms with Gasteiger partial charge in [0.2, 0.25) is 5.91 Å². The van der Waals surface area contributed by atoms with Crippen molar-refractivity contribution < 1.29 is 4.79 Å². The molecule has 0 aromatic rings. The second-order valence-corrected chi connectivity index (χ2v) is 4.59. The van der Waals surface area contributed by atoms with E-state index >= 15 is 0 Å². The number of rotatable bonds is 6. The van der Waals surface area contributed by atoms with E-state index in [0.717, 1.165) is 25.9 Å². The van der Waals surface area contributed by atoms with E-state index in [1.165, 1.54) is 0 Å². The highest BCUT2D eigenvalue weighted by atomic mass is 35.5. The Morgan fingerprint density at radius 3 is 2.13 bits per heavy atom. The van der Waals surface area contributed by atoms with E-state index < -0.39 is 0 Å². The molecule has 0 atom stereocenters. The third-order valence-electron chi connectivity index (χ3n) is 1.90. The highest BCUT2D eigenvalue weighted by Gasteiger charge is 2.06. The fourth-order valence-electron chi connectivity index (χ4n) is 1.07. The Morgan fingerprint density at radius 1 is 1.13 bits per heavy atom. The van der Waals surface area contributed by atoms with Crippen LogP contribution >= 0.6 is 12.4 Å². The molecule has 0 aliphatic heterocycles. The molecule has 0 radical (unpaired) electrons. The van der Waals surface area contributed by atoms with E-state index in [4.69, 9.17) is 0 Å². The summed E-state index contributed by atoms with van der Waals surface area (Å²) in [6, 6.07) is 0. The van der Waals surface area contributed by atoms with Crippen molar-refractivity contribution in [1.82, 2.24) is 10.6 Å². The maximum absolute atomic E-state index is 10.9. The number of nitrogens with one attached hydrogen (secondary N) is 2. The van der Waals surface area contributed by atoms with Gasteiger partial charge in [-0.15, -0.1) is 12.4 Å². The average molecular weight is 237 g/mol. The molecule has 0 spiro atoms. The van der Waals surface area contributed by atoms with Crippen molar-refractivity contribution in [2.24, 2.45) is 0 Å². The van der Waals surface area contributed by atoms with Gasteiger partial charge < -0.3 is 10.6 Å². The Kier molecular flexibility index (Phi) is 10.3. The summed E-state index contributed by atoms with van der Waals surface area (Å²) in [4.78, 5) is 10.9. The summed E-state index contributed by atoms with van der Waals surface area (Å²) in [6.45, 7) is 10.2. The lowest BCUT2D eigenvalue weighted by Crippen LogP contribution is -2.36. The van der Waals surface area contributed by atoms with Gasteiger partial charge >= 0.3 is 0 Å². The lowest BCUT2D eigenvalue weighted by Gasteiger charge is -2.20. The Morgan fingerprint density at radius 2 is 1.67 bits per heavy atom. The van der Waals surface area contributed by atoms with Crippen molar-refractivity contribution in [1.29, 1.82) is 0 Å². The molecule has 0 saturated carbocycles.